The first-order valence-corrected chi connectivity index (χ1v) is 11.1. The van der Waals surface area contributed by atoms with E-state index in [-0.39, 0.29) is 23.6 Å². The molecule has 0 spiro atoms. The molecule has 168 valence electrons. The molecule has 2 heterocycles. The third-order valence-corrected chi connectivity index (χ3v) is 6.09. The van der Waals surface area contributed by atoms with E-state index >= 15 is 0 Å². The Morgan fingerprint density at radius 2 is 1.03 bits per heavy atom. The van der Waals surface area contributed by atoms with Crippen LogP contribution < -0.4 is 9.80 Å². The molecule has 0 aromatic heterocycles. The summed E-state index contributed by atoms with van der Waals surface area (Å²) in [5.74, 6) is -1.32. The number of carbonyl (C=O) groups excluding carboxylic acids is 4. The summed E-state index contributed by atoms with van der Waals surface area (Å²) < 4.78 is 0. The fourth-order valence-corrected chi connectivity index (χ4v) is 4.35. The van der Waals surface area contributed by atoms with Crippen molar-refractivity contribution in [2.24, 2.45) is 0 Å². The van der Waals surface area contributed by atoms with Crippen LogP contribution in [-0.2, 0) is 25.6 Å². The van der Waals surface area contributed by atoms with Crippen molar-refractivity contribution >= 4 is 35.0 Å². The molecule has 0 aliphatic carbocycles. The number of carbonyl (C=O) groups is 4. The van der Waals surface area contributed by atoms with E-state index in [1.807, 2.05) is 52.0 Å². The van der Waals surface area contributed by atoms with E-state index in [2.05, 4.69) is 0 Å². The van der Waals surface area contributed by atoms with Gasteiger partial charge in [0.05, 0.1) is 11.4 Å². The van der Waals surface area contributed by atoms with Gasteiger partial charge in [-0.05, 0) is 49.9 Å². The molecule has 33 heavy (non-hydrogen) atoms. The normalized spacial score (nSPS) is 16.1. The topological polar surface area (TPSA) is 74.8 Å². The van der Waals surface area contributed by atoms with E-state index in [1.165, 1.54) is 22.0 Å². The molecule has 0 saturated carbocycles. The van der Waals surface area contributed by atoms with E-state index in [1.54, 1.807) is 12.1 Å². The van der Waals surface area contributed by atoms with Crippen LogP contribution in [0.2, 0.25) is 0 Å². The third-order valence-electron chi connectivity index (χ3n) is 6.09. The predicted molar refractivity (Wildman–Crippen MR) is 127 cm³/mol. The van der Waals surface area contributed by atoms with Gasteiger partial charge in [0, 0.05) is 29.7 Å². The lowest BCUT2D eigenvalue weighted by Crippen LogP contribution is -2.32. The summed E-state index contributed by atoms with van der Waals surface area (Å²) in [4.78, 5) is 53.4. The number of hydrogen-bond acceptors (Lipinski definition) is 4. The largest absolute Gasteiger partial charge is 0.269 e. The second-order valence-electron chi connectivity index (χ2n) is 8.44. The number of benzene rings is 2. The highest BCUT2D eigenvalue weighted by molar-refractivity contribution is 6.31. The van der Waals surface area contributed by atoms with Crippen LogP contribution in [0.25, 0.3) is 0 Å². The number of aryl methyl sites for hydroxylation is 2. The molecule has 6 heteroatoms. The Morgan fingerprint density at radius 1 is 0.636 bits per heavy atom. The van der Waals surface area contributed by atoms with Gasteiger partial charge in [-0.1, -0.05) is 49.2 Å². The van der Waals surface area contributed by atoms with Gasteiger partial charge in [-0.15, -0.1) is 0 Å². The smallest absolute Gasteiger partial charge is 0.261 e. The highest BCUT2D eigenvalue weighted by atomic mass is 16.2. The summed E-state index contributed by atoms with van der Waals surface area (Å²) in [6.07, 6.45) is 4.10. The second kappa shape index (κ2) is 8.62. The van der Waals surface area contributed by atoms with Gasteiger partial charge in [0.25, 0.3) is 23.6 Å². The lowest BCUT2D eigenvalue weighted by atomic mass is 9.97. The van der Waals surface area contributed by atoms with Crippen molar-refractivity contribution in [3.63, 3.8) is 0 Å². The maximum absolute atomic E-state index is 12.9. The van der Waals surface area contributed by atoms with Crippen LogP contribution in [0.15, 0.2) is 59.7 Å². The number of hydrogen-bond donors (Lipinski definition) is 0. The lowest BCUT2D eigenvalue weighted by molar-refractivity contribution is -0.122. The zero-order valence-electron chi connectivity index (χ0n) is 19.3. The molecule has 4 amide bonds. The van der Waals surface area contributed by atoms with E-state index < -0.39 is 0 Å². The van der Waals surface area contributed by atoms with Gasteiger partial charge in [-0.2, -0.15) is 0 Å². The van der Waals surface area contributed by atoms with Gasteiger partial charge in [0.15, 0.2) is 0 Å². The van der Waals surface area contributed by atoms with Crippen LogP contribution in [-0.4, -0.2) is 23.6 Å². The molecule has 0 fully saturated rings. The maximum Gasteiger partial charge on any atom is 0.261 e. The quantitative estimate of drug-likeness (QED) is 0.625. The van der Waals surface area contributed by atoms with Crippen molar-refractivity contribution in [2.45, 2.75) is 47.0 Å². The third kappa shape index (κ3) is 3.93. The highest BCUT2D eigenvalue weighted by Gasteiger charge is 2.34. The van der Waals surface area contributed by atoms with Gasteiger partial charge in [-0.3, -0.25) is 19.2 Å². The van der Waals surface area contributed by atoms with Crippen LogP contribution in [0.4, 0.5) is 11.4 Å². The predicted octanol–water partition coefficient (Wildman–Crippen LogP) is 4.31. The summed E-state index contributed by atoms with van der Waals surface area (Å²) in [7, 11) is 0. The van der Waals surface area contributed by atoms with Crippen molar-refractivity contribution in [3.8, 4) is 0 Å². The van der Waals surface area contributed by atoms with Crippen molar-refractivity contribution in [1.82, 2.24) is 0 Å². The van der Waals surface area contributed by atoms with E-state index in [0.29, 0.717) is 41.8 Å². The average molecular weight is 443 g/mol. The molecule has 0 atom stereocenters. The minimum atomic E-state index is -0.354. The zero-order chi connectivity index (χ0) is 23.9. The van der Waals surface area contributed by atoms with Gasteiger partial charge in [0.2, 0.25) is 0 Å². The fourth-order valence-electron chi connectivity index (χ4n) is 4.35. The number of imide groups is 2. The van der Waals surface area contributed by atoms with Gasteiger partial charge < -0.3 is 0 Å². The number of anilines is 2. The Labute approximate surface area is 193 Å². The van der Waals surface area contributed by atoms with Crippen molar-refractivity contribution in [1.29, 1.82) is 0 Å². The average Bonchev–Trinajstić information content (AvgIpc) is 3.23. The minimum absolute atomic E-state index is 0.307. The van der Waals surface area contributed by atoms with Gasteiger partial charge in [0.1, 0.15) is 0 Å². The molecule has 0 saturated heterocycles. The summed E-state index contributed by atoms with van der Waals surface area (Å²) in [6, 6.07) is 11.2. The first-order valence-electron chi connectivity index (χ1n) is 11.1. The molecular formula is C27H26N2O4. The standard InChI is InChI=1S/C27H26N2O4/c1-5-18-14-24(30)28(26(18)32)22-9-7-16(3)11-20(22)13-21-12-17(4)8-10-23(21)29-25(31)15-19(6-2)27(29)33/h7-12,14-15H,5-6,13H2,1-4H3. The molecule has 4 rings (SSSR count). The van der Waals surface area contributed by atoms with Crippen molar-refractivity contribution in [2.75, 3.05) is 9.80 Å². The molecule has 0 unspecified atom stereocenters. The van der Waals surface area contributed by atoms with Crippen LogP contribution in [0.3, 0.4) is 0 Å². The molecule has 2 aliphatic heterocycles. The van der Waals surface area contributed by atoms with Gasteiger partial charge >= 0.3 is 0 Å². The van der Waals surface area contributed by atoms with E-state index in [9.17, 15) is 19.2 Å². The molecule has 2 aromatic carbocycles. The number of amides is 4. The van der Waals surface area contributed by atoms with E-state index in [4.69, 9.17) is 0 Å². The fraction of sp³-hybridized carbons (Fsp3) is 0.259. The zero-order valence-corrected chi connectivity index (χ0v) is 19.3. The summed E-state index contributed by atoms with van der Waals surface area (Å²) >= 11 is 0. The van der Waals surface area contributed by atoms with Crippen LogP contribution in [0.5, 0.6) is 0 Å². The highest BCUT2D eigenvalue weighted by Crippen LogP contribution is 2.34. The Bertz CT molecular complexity index is 1170. The maximum atomic E-state index is 12.9. The Hall–Kier alpha value is -3.80. The molecule has 0 radical (unpaired) electrons. The Morgan fingerprint density at radius 3 is 1.36 bits per heavy atom. The van der Waals surface area contributed by atoms with Crippen molar-refractivity contribution < 1.29 is 19.2 Å². The summed E-state index contributed by atoms with van der Waals surface area (Å²) in [6.45, 7) is 7.58. The van der Waals surface area contributed by atoms with E-state index in [0.717, 1.165) is 22.3 Å². The first-order chi connectivity index (χ1) is 15.7. The first kappa shape index (κ1) is 22.4. The van der Waals surface area contributed by atoms with Crippen molar-refractivity contribution in [3.05, 3.63) is 82.0 Å². The summed E-state index contributed by atoms with van der Waals surface area (Å²) in [5.41, 5.74) is 5.52. The second-order valence-corrected chi connectivity index (χ2v) is 8.44. The molecule has 0 bridgehead atoms. The molecular weight excluding hydrogens is 416 g/mol. The monoisotopic (exact) mass is 442 g/mol. The summed E-state index contributed by atoms with van der Waals surface area (Å²) in [5, 5.41) is 0. The Balaban J connectivity index is 1.77. The SMILES string of the molecule is CCC1=CC(=O)N(c2ccc(C)cc2Cc2cc(C)ccc2N2C(=O)C=C(CC)C2=O)C1=O. The van der Waals surface area contributed by atoms with Gasteiger partial charge in [-0.25, -0.2) is 9.80 Å². The Kier molecular flexibility index (Phi) is 5.85. The molecule has 2 aromatic rings. The molecule has 6 nitrogen and oxygen atoms in total. The molecule has 2 aliphatic rings. The number of nitrogens with zero attached hydrogens (tertiary/aromatic N) is 2. The number of rotatable bonds is 6. The molecule has 0 N–H and O–H groups in total. The van der Waals surface area contributed by atoms with Crippen LogP contribution in [0.1, 0.15) is 48.9 Å². The van der Waals surface area contributed by atoms with Crippen LogP contribution in [0, 0.1) is 13.8 Å². The van der Waals surface area contributed by atoms with Crippen LogP contribution >= 0.6 is 0 Å². The lowest BCUT2D eigenvalue weighted by Gasteiger charge is -2.23. The minimum Gasteiger partial charge on any atom is -0.269 e.